The molecule has 384 valence electrons. The van der Waals surface area contributed by atoms with Crippen molar-refractivity contribution in [3.05, 3.63) is 173 Å². The highest BCUT2D eigenvalue weighted by Gasteiger charge is 2.66. The molecule has 0 spiro atoms. The fourth-order valence-electron chi connectivity index (χ4n) is 11.0. The highest BCUT2D eigenvalue weighted by atomic mass is 16.7. The Morgan fingerprint density at radius 1 is 0.781 bits per heavy atom. The number of allylic oxidation sites excluding steroid dienone is 1. The van der Waals surface area contributed by atoms with Gasteiger partial charge in [0.05, 0.1) is 31.5 Å². The van der Waals surface area contributed by atoms with E-state index < -0.39 is 23.8 Å². The van der Waals surface area contributed by atoms with E-state index in [1.165, 1.54) is 5.56 Å². The molecule has 4 aliphatic rings. The molecule has 0 bridgehead atoms. The van der Waals surface area contributed by atoms with E-state index in [-0.39, 0.29) is 77.2 Å². The summed E-state index contributed by atoms with van der Waals surface area (Å²) in [6.07, 6.45) is 8.10. The van der Waals surface area contributed by atoms with Gasteiger partial charge in [-0.05, 0) is 127 Å². The van der Waals surface area contributed by atoms with Crippen molar-refractivity contribution < 1.29 is 53.0 Å². The molecule has 0 unspecified atom stereocenters. The number of oxime groups is 1. The Kier molecular flexibility index (Phi) is 17.1. The van der Waals surface area contributed by atoms with E-state index in [0.29, 0.717) is 48.2 Å². The van der Waals surface area contributed by atoms with Crippen LogP contribution in [0.15, 0.2) is 145 Å². The summed E-state index contributed by atoms with van der Waals surface area (Å²) in [5.41, 5.74) is 7.57. The Hall–Kier alpha value is -6.64. The van der Waals surface area contributed by atoms with Gasteiger partial charge in [0.25, 0.3) is 0 Å². The molecule has 1 saturated carbocycles. The number of aryl methyl sites for hydroxylation is 2. The van der Waals surface area contributed by atoms with Crippen molar-refractivity contribution in [3.63, 3.8) is 0 Å². The average molecular weight is 993 g/mol. The average Bonchev–Trinajstić information content (AvgIpc) is 3.89. The maximum atomic E-state index is 15.2. The second kappa shape index (κ2) is 24.4. The van der Waals surface area contributed by atoms with Crippen LogP contribution < -0.4 is 18.9 Å². The van der Waals surface area contributed by atoms with Crippen LogP contribution in [0.3, 0.4) is 0 Å². The molecule has 2 aliphatic heterocycles. The van der Waals surface area contributed by atoms with E-state index in [4.69, 9.17) is 43.2 Å². The zero-order chi connectivity index (χ0) is 50.6. The van der Waals surface area contributed by atoms with Crippen molar-refractivity contribution in [1.29, 1.82) is 0 Å². The largest absolute Gasteiger partial charge is 0.459 e. The van der Waals surface area contributed by atoms with Crippen molar-refractivity contribution >= 4 is 11.8 Å². The first-order chi connectivity index (χ1) is 35.8. The molecule has 1 amide bonds. The standard InChI is InChI=1S/C60H68N2O11/c1-4-29-70-60-56(62(37-45-22-25-54-55(33-45)69-40-68-54)59(65)67-31-30-66-38-43-15-7-5-8-16-43)36-52(61-71-39-44-17-9-6-10-18-44)50-34-46(19-11-13-27-63)49(20-12-14-28-64)57(58(50)60)51-35-48(24-26-53(51)73-60)72-47-23-21-41(2)42(3)32-47/h4-10,15-18,21-26,32-35,46,49,56-58,63-64H,1,11-14,19-20,27-31,36-40H2,2-3H3/t46-,49+,56-,57+,58+,60+/m0/s1. The summed E-state index contributed by atoms with van der Waals surface area (Å²) in [7, 11) is 0. The van der Waals surface area contributed by atoms with Crippen LogP contribution in [0.1, 0.15) is 84.2 Å². The van der Waals surface area contributed by atoms with E-state index in [2.05, 4.69) is 38.6 Å². The van der Waals surface area contributed by atoms with Gasteiger partial charge in [-0.25, -0.2) is 4.79 Å². The third-order valence-corrected chi connectivity index (χ3v) is 14.6. The summed E-state index contributed by atoms with van der Waals surface area (Å²) in [6.45, 7) is 9.46. The van der Waals surface area contributed by atoms with Gasteiger partial charge in [-0.1, -0.05) is 103 Å². The van der Waals surface area contributed by atoms with Crippen molar-refractivity contribution in [2.75, 3.05) is 39.8 Å². The zero-order valence-corrected chi connectivity index (χ0v) is 42.0. The zero-order valence-electron chi connectivity index (χ0n) is 42.0. The van der Waals surface area contributed by atoms with Gasteiger partial charge in [0.1, 0.15) is 36.5 Å². The van der Waals surface area contributed by atoms with E-state index in [9.17, 15) is 10.2 Å². The number of fused-ring (bicyclic) bond motifs is 3. The molecule has 13 nitrogen and oxygen atoms in total. The number of hydrogen-bond donors (Lipinski definition) is 2. The van der Waals surface area contributed by atoms with Crippen molar-refractivity contribution in [3.8, 4) is 28.7 Å². The number of unbranched alkanes of at least 4 members (excludes halogenated alkanes) is 2. The smallest absolute Gasteiger partial charge is 0.410 e. The van der Waals surface area contributed by atoms with Gasteiger partial charge in [0.2, 0.25) is 12.6 Å². The topological polar surface area (TPSA) is 147 Å². The maximum Gasteiger partial charge on any atom is 0.410 e. The van der Waals surface area contributed by atoms with Crippen LogP contribution in [0.4, 0.5) is 4.79 Å². The minimum atomic E-state index is -1.53. The van der Waals surface area contributed by atoms with Crippen LogP contribution in [0.5, 0.6) is 28.7 Å². The summed E-state index contributed by atoms with van der Waals surface area (Å²) in [4.78, 5) is 23.3. The van der Waals surface area contributed by atoms with Gasteiger partial charge in [-0.2, -0.15) is 0 Å². The lowest BCUT2D eigenvalue weighted by Gasteiger charge is -2.59. The first-order valence-corrected chi connectivity index (χ1v) is 25.7. The van der Waals surface area contributed by atoms with Crippen molar-refractivity contribution in [2.45, 2.75) is 96.3 Å². The third kappa shape index (κ3) is 11.9. The Morgan fingerprint density at radius 3 is 2.25 bits per heavy atom. The number of amides is 1. The number of hydrogen-bond acceptors (Lipinski definition) is 12. The summed E-state index contributed by atoms with van der Waals surface area (Å²) in [5, 5.41) is 25.2. The van der Waals surface area contributed by atoms with Gasteiger partial charge in [0.15, 0.2) is 11.5 Å². The Bertz CT molecular complexity index is 2710. The molecule has 1 fully saturated rings. The first-order valence-electron chi connectivity index (χ1n) is 25.7. The molecule has 5 aromatic rings. The van der Waals surface area contributed by atoms with Crippen LogP contribution >= 0.6 is 0 Å². The number of carbonyl (C=O) groups excluding carboxylic acids is 1. The molecule has 0 aromatic heterocycles. The fraction of sp³-hybridized carbons (Fsp3) is 0.400. The molecule has 2 heterocycles. The predicted octanol–water partition coefficient (Wildman–Crippen LogP) is 11.5. The summed E-state index contributed by atoms with van der Waals surface area (Å²) in [5.74, 6) is 0.874. The number of benzene rings is 5. The molecule has 2 N–H and O–H groups in total. The van der Waals surface area contributed by atoms with E-state index in [1.807, 2.05) is 103 Å². The van der Waals surface area contributed by atoms with Gasteiger partial charge >= 0.3 is 6.09 Å². The molecule has 6 atom stereocenters. The number of nitrogens with zero attached hydrogens (tertiary/aromatic N) is 2. The summed E-state index contributed by atoms with van der Waals surface area (Å²) < 4.78 is 45.2. The Labute approximate surface area is 428 Å². The van der Waals surface area contributed by atoms with E-state index in [1.54, 1.807) is 11.0 Å². The Balaban J connectivity index is 1.19. The summed E-state index contributed by atoms with van der Waals surface area (Å²) >= 11 is 0. The monoisotopic (exact) mass is 992 g/mol. The number of ether oxygens (including phenoxy) is 7. The Morgan fingerprint density at radius 2 is 1.49 bits per heavy atom. The molecule has 73 heavy (non-hydrogen) atoms. The molecule has 2 aliphatic carbocycles. The second-order valence-corrected chi connectivity index (χ2v) is 19.3. The highest BCUT2D eigenvalue weighted by Crippen LogP contribution is 2.62. The van der Waals surface area contributed by atoms with Crippen LogP contribution in [-0.2, 0) is 38.8 Å². The fourth-order valence-corrected chi connectivity index (χ4v) is 11.0. The van der Waals surface area contributed by atoms with Crippen molar-refractivity contribution in [1.82, 2.24) is 4.90 Å². The maximum absolute atomic E-state index is 15.2. The lowest BCUT2D eigenvalue weighted by molar-refractivity contribution is -0.256. The molecule has 0 saturated heterocycles. The molecule has 9 rings (SSSR count). The van der Waals surface area contributed by atoms with Gasteiger partial charge in [0, 0.05) is 37.7 Å². The van der Waals surface area contributed by atoms with Gasteiger partial charge < -0.3 is 48.2 Å². The van der Waals surface area contributed by atoms with E-state index >= 15 is 4.79 Å². The van der Waals surface area contributed by atoms with Crippen LogP contribution in [0.25, 0.3) is 0 Å². The normalized spacial score (nSPS) is 21.8. The molecular weight excluding hydrogens is 925 g/mol. The lowest BCUT2D eigenvalue weighted by Crippen LogP contribution is -2.70. The molecule has 0 radical (unpaired) electrons. The van der Waals surface area contributed by atoms with Crippen LogP contribution in [0.2, 0.25) is 0 Å². The van der Waals surface area contributed by atoms with Crippen LogP contribution in [-0.4, -0.2) is 78.6 Å². The van der Waals surface area contributed by atoms with Crippen LogP contribution in [0, 0.1) is 31.6 Å². The third-order valence-electron chi connectivity index (χ3n) is 14.6. The lowest BCUT2D eigenvalue weighted by atomic mass is 9.55. The van der Waals surface area contributed by atoms with Gasteiger partial charge in [-0.15, -0.1) is 6.58 Å². The highest BCUT2D eigenvalue weighted by molar-refractivity contribution is 6.03. The molecule has 5 aromatic carbocycles. The minimum Gasteiger partial charge on any atom is -0.459 e. The van der Waals surface area contributed by atoms with Gasteiger partial charge in [-0.3, -0.25) is 4.90 Å². The SMILES string of the molecule is C=CCO[C@@]12Oc3ccc(Oc4ccc(C)c(C)c4)cc3[C@H]3[C@H](CCCCO)[C@@H](CCCCO)C=C(C(=NOCc4ccccc4)C[C@@H]1N(Cc1ccc4c(c1)OCO4)C(=O)OCCOCc1ccccc1)[C@H]32. The molecule has 13 heteroatoms. The number of carbonyl (C=O) groups is 1. The number of aliphatic hydroxyl groups excluding tert-OH is 2. The van der Waals surface area contributed by atoms with Crippen molar-refractivity contribution in [2.24, 2.45) is 22.9 Å². The summed E-state index contributed by atoms with van der Waals surface area (Å²) in [6, 6.07) is 36.6. The second-order valence-electron chi connectivity index (χ2n) is 19.3. The quantitative estimate of drug-likeness (QED) is 0.0346. The number of rotatable bonds is 24. The molecular formula is C60H68N2O11. The van der Waals surface area contributed by atoms with E-state index in [0.717, 1.165) is 64.8 Å². The predicted molar refractivity (Wildman–Crippen MR) is 278 cm³/mol. The minimum absolute atomic E-state index is 0.00600. The number of aliphatic hydroxyl groups is 2. The first kappa shape index (κ1) is 51.3.